The van der Waals surface area contributed by atoms with Gasteiger partial charge in [-0.05, 0) is 31.5 Å². The van der Waals surface area contributed by atoms with Crippen LogP contribution in [0.15, 0.2) is 33.4 Å². The van der Waals surface area contributed by atoms with Gasteiger partial charge in [0.1, 0.15) is 11.8 Å². The van der Waals surface area contributed by atoms with Gasteiger partial charge in [0.15, 0.2) is 5.58 Å². The number of oxazole rings is 2. The third-order valence-electron chi connectivity index (χ3n) is 4.03. The largest absolute Gasteiger partial charge is 0.444 e. The summed E-state index contributed by atoms with van der Waals surface area (Å²) in [7, 11) is 0. The highest BCUT2D eigenvalue weighted by atomic mass is 16.4. The van der Waals surface area contributed by atoms with E-state index in [1.807, 2.05) is 19.1 Å². The Morgan fingerprint density at radius 2 is 2.27 bits per heavy atom. The topological polar surface area (TPSA) is 67.3 Å². The molecule has 0 amide bonds. The number of rotatable bonds is 2. The van der Waals surface area contributed by atoms with E-state index in [0.717, 1.165) is 41.9 Å². The highest BCUT2D eigenvalue weighted by molar-refractivity contribution is 5.89. The molecule has 0 aliphatic carbocycles. The summed E-state index contributed by atoms with van der Waals surface area (Å²) in [6.07, 6.45) is 3.21. The molecule has 0 saturated carbocycles. The number of aromatic nitrogens is 2. The van der Waals surface area contributed by atoms with Gasteiger partial charge in [-0.25, -0.2) is 4.98 Å². The molecule has 1 fully saturated rings. The van der Waals surface area contributed by atoms with Gasteiger partial charge in [0.05, 0.1) is 11.8 Å². The van der Waals surface area contributed by atoms with Crippen LogP contribution >= 0.6 is 0 Å². The van der Waals surface area contributed by atoms with Gasteiger partial charge >= 0.3 is 0 Å². The summed E-state index contributed by atoms with van der Waals surface area (Å²) >= 11 is 0. The SMILES string of the molecule is Cc1cc(-c2ncco2)c2oc(N3CCNCC3C)nc2c1. The Kier molecular flexibility index (Phi) is 3.11. The van der Waals surface area contributed by atoms with E-state index in [-0.39, 0.29) is 0 Å². The summed E-state index contributed by atoms with van der Waals surface area (Å²) in [5.41, 5.74) is 3.53. The zero-order chi connectivity index (χ0) is 15.1. The fraction of sp³-hybridized carbons (Fsp3) is 0.375. The van der Waals surface area contributed by atoms with Gasteiger partial charge in [0.2, 0.25) is 5.89 Å². The van der Waals surface area contributed by atoms with Crippen molar-refractivity contribution < 1.29 is 8.83 Å². The number of piperazine rings is 1. The lowest BCUT2D eigenvalue weighted by molar-refractivity contribution is 0.456. The van der Waals surface area contributed by atoms with Crippen molar-refractivity contribution in [2.24, 2.45) is 0 Å². The van der Waals surface area contributed by atoms with Gasteiger partial charge in [-0.15, -0.1) is 0 Å². The lowest BCUT2D eigenvalue weighted by Gasteiger charge is -2.32. The first kappa shape index (κ1) is 13.3. The van der Waals surface area contributed by atoms with Crippen molar-refractivity contribution in [1.29, 1.82) is 0 Å². The molecule has 0 radical (unpaired) electrons. The zero-order valence-corrected chi connectivity index (χ0v) is 12.7. The second-order valence-electron chi connectivity index (χ2n) is 5.74. The minimum Gasteiger partial charge on any atom is -0.444 e. The molecule has 1 atom stereocenters. The Labute approximate surface area is 128 Å². The van der Waals surface area contributed by atoms with Crippen LogP contribution in [0.4, 0.5) is 6.01 Å². The Bertz CT molecular complexity index is 794. The van der Waals surface area contributed by atoms with Gasteiger partial charge in [0, 0.05) is 25.7 Å². The van der Waals surface area contributed by atoms with Crippen LogP contribution in [-0.4, -0.2) is 35.6 Å². The summed E-state index contributed by atoms with van der Waals surface area (Å²) < 4.78 is 11.5. The van der Waals surface area contributed by atoms with Crippen molar-refractivity contribution in [3.63, 3.8) is 0 Å². The van der Waals surface area contributed by atoms with E-state index < -0.39 is 0 Å². The number of hydrogen-bond donors (Lipinski definition) is 1. The lowest BCUT2D eigenvalue weighted by Crippen LogP contribution is -2.50. The molecule has 1 aliphatic rings. The van der Waals surface area contributed by atoms with Crippen molar-refractivity contribution in [1.82, 2.24) is 15.3 Å². The van der Waals surface area contributed by atoms with Crippen LogP contribution in [0, 0.1) is 6.92 Å². The molecule has 2 aromatic heterocycles. The molecule has 6 nitrogen and oxygen atoms in total. The van der Waals surface area contributed by atoms with Gasteiger partial charge in [-0.2, -0.15) is 4.98 Å². The van der Waals surface area contributed by atoms with E-state index in [1.54, 1.807) is 12.5 Å². The second kappa shape index (κ2) is 5.14. The Morgan fingerprint density at radius 3 is 3.05 bits per heavy atom. The summed E-state index contributed by atoms with van der Waals surface area (Å²) in [4.78, 5) is 11.1. The van der Waals surface area contributed by atoms with E-state index in [2.05, 4.69) is 27.1 Å². The van der Waals surface area contributed by atoms with E-state index >= 15 is 0 Å². The minimum absolute atomic E-state index is 0.355. The van der Waals surface area contributed by atoms with E-state index in [0.29, 0.717) is 17.9 Å². The smallest absolute Gasteiger partial charge is 0.298 e. The molecule has 22 heavy (non-hydrogen) atoms. The molecule has 0 bridgehead atoms. The second-order valence-corrected chi connectivity index (χ2v) is 5.74. The van der Waals surface area contributed by atoms with Crippen molar-refractivity contribution >= 4 is 17.1 Å². The first-order valence-electron chi connectivity index (χ1n) is 7.51. The zero-order valence-electron chi connectivity index (χ0n) is 12.7. The van der Waals surface area contributed by atoms with E-state index in [4.69, 9.17) is 8.83 Å². The highest BCUT2D eigenvalue weighted by Crippen LogP contribution is 2.32. The van der Waals surface area contributed by atoms with Gasteiger partial charge < -0.3 is 19.1 Å². The van der Waals surface area contributed by atoms with Crippen LogP contribution in [-0.2, 0) is 0 Å². The van der Waals surface area contributed by atoms with Crippen LogP contribution in [0.3, 0.4) is 0 Å². The summed E-state index contributed by atoms with van der Waals surface area (Å²) in [6, 6.07) is 5.07. The normalized spacial score (nSPS) is 19.0. The number of nitrogens with zero attached hydrogens (tertiary/aromatic N) is 3. The first-order chi connectivity index (χ1) is 10.7. The summed E-state index contributed by atoms with van der Waals surface area (Å²) in [5.74, 6) is 0.560. The average molecular weight is 298 g/mol. The van der Waals surface area contributed by atoms with E-state index in [1.165, 1.54) is 0 Å². The van der Waals surface area contributed by atoms with Crippen molar-refractivity contribution in [3.8, 4) is 11.5 Å². The lowest BCUT2D eigenvalue weighted by atomic mass is 10.1. The molecule has 3 heterocycles. The third kappa shape index (κ3) is 2.16. The summed E-state index contributed by atoms with van der Waals surface area (Å²) in [6.45, 7) is 6.97. The number of hydrogen-bond acceptors (Lipinski definition) is 6. The van der Waals surface area contributed by atoms with Crippen LogP contribution in [0.5, 0.6) is 0 Å². The first-order valence-corrected chi connectivity index (χ1v) is 7.51. The van der Waals surface area contributed by atoms with Crippen LogP contribution in [0.1, 0.15) is 12.5 Å². The molecule has 6 heteroatoms. The molecular formula is C16H18N4O2. The maximum absolute atomic E-state index is 6.07. The highest BCUT2D eigenvalue weighted by Gasteiger charge is 2.24. The molecule has 1 aromatic carbocycles. The summed E-state index contributed by atoms with van der Waals surface area (Å²) in [5, 5.41) is 3.37. The molecule has 4 rings (SSSR count). The standard InChI is InChI=1S/C16H18N4O2/c1-10-7-12(15-18-4-6-21-15)14-13(8-10)19-16(22-14)20-5-3-17-9-11(20)2/h4,6-8,11,17H,3,5,9H2,1-2H3. The molecular weight excluding hydrogens is 280 g/mol. The number of aryl methyl sites for hydroxylation is 1. The number of benzene rings is 1. The maximum Gasteiger partial charge on any atom is 0.298 e. The van der Waals surface area contributed by atoms with Crippen LogP contribution < -0.4 is 10.2 Å². The number of fused-ring (bicyclic) bond motifs is 1. The predicted molar refractivity (Wildman–Crippen MR) is 83.9 cm³/mol. The fourth-order valence-electron chi connectivity index (χ4n) is 2.92. The van der Waals surface area contributed by atoms with Gasteiger partial charge in [-0.1, -0.05) is 0 Å². The molecule has 1 aliphatic heterocycles. The van der Waals surface area contributed by atoms with Crippen molar-refractivity contribution in [2.45, 2.75) is 19.9 Å². The molecule has 1 N–H and O–H groups in total. The molecule has 0 spiro atoms. The Hall–Kier alpha value is -2.34. The van der Waals surface area contributed by atoms with Crippen LogP contribution in [0.25, 0.3) is 22.6 Å². The number of anilines is 1. The quantitative estimate of drug-likeness (QED) is 0.784. The minimum atomic E-state index is 0.355. The van der Waals surface area contributed by atoms with Crippen LogP contribution in [0.2, 0.25) is 0 Å². The molecule has 1 unspecified atom stereocenters. The average Bonchev–Trinajstić information content (AvgIpc) is 3.15. The maximum atomic E-state index is 6.07. The third-order valence-corrected chi connectivity index (χ3v) is 4.03. The van der Waals surface area contributed by atoms with Gasteiger partial charge in [0.25, 0.3) is 6.01 Å². The van der Waals surface area contributed by atoms with E-state index in [9.17, 15) is 0 Å². The molecule has 1 saturated heterocycles. The molecule has 3 aromatic rings. The number of nitrogens with one attached hydrogen (secondary N) is 1. The Morgan fingerprint density at radius 1 is 1.36 bits per heavy atom. The van der Waals surface area contributed by atoms with Crippen molar-refractivity contribution in [3.05, 3.63) is 30.2 Å². The predicted octanol–water partition coefficient (Wildman–Crippen LogP) is 2.59. The van der Waals surface area contributed by atoms with Gasteiger partial charge in [-0.3, -0.25) is 0 Å². The molecule has 114 valence electrons. The Balaban J connectivity index is 1.85. The fourth-order valence-corrected chi connectivity index (χ4v) is 2.92. The van der Waals surface area contributed by atoms with Crippen molar-refractivity contribution in [2.75, 3.05) is 24.5 Å². The monoisotopic (exact) mass is 298 g/mol.